The highest BCUT2D eigenvalue weighted by Gasteiger charge is 2.15. The van der Waals surface area contributed by atoms with Crippen LogP contribution in [0, 0.1) is 5.82 Å². The molecule has 1 aromatic carbocycles. The van der Waals surface area contributed by atoms with E-state index in [1.54, 1.807) is 12.1 Å². The Morgan fingerprint density at radius 3 is 2.67 bits per heavy atom. The zero-order valence-corrected chi connectivity index (χ0v) is 13.7. The van der Waals surface area contributed by atoms with Crippen LogP contribution in [0.2, 0.25) is 0 Å². The molecule has 0 aliphatic heterocycles. The molecule has 2 rings (SSSR count). The van der Waals surface area contributed by atoms with Crippen LogP contribution in [-0.4, -0.2) is 34.1 Å². The summed E-state index contributed by atoms with van der Waals surface area (Å²) in [6.07, 6.45) is 1.00. The molecule has 116 valence electrons. The Morgan fingerprint density at radius 1 is 1.33 bits per heavy atom. The fourth-order valence-electron chi connectivity index (χ4n) is 2.65. The van der Waals surface area contributed by atoms with Gasteiger partial charge in [0, 0.05) is 6.54 Å². The summed E-state index contributed by atoms with van der Waals surface area (Å²) in [5.74, 6) is 0.581. The molecular weight excluding hydrogens is 289 g/mol. The zero-order chi connectivity index (χ0) is 15.4. The maximum atomic E-state index is 13.5. The fraction of sp³-hybridized carbons (Fsp3) is 0.562. The van der Waals surface area contributed by atoms with Gasteiger partial charge in [0.25, 0.3) is 0 Å². The number of alkyl halides is 1. The van der Waals surface area contributed by atoms with Gasteiger partial charge in [-0.3, -0.25) is 0 Å². The predicted molar refractivity (Wildman–Crippen MR) is 86.4 cm³/mol. The average molecular weight is 312 g/mol. The number of fused-ring (bicyclic) bond motifs is 1. The highest BCUT2D eigenvalue weighted by Crippen LogP contribution is 2.25. The van der Waals surface area contributed by atoms with E-state index in [0.29, 0.717) is 0 Å². The molecule has 0 amide bonds. The number of benzene rings is 1. The smallest absolute Gasteiger partial charge is 0.127 e. The second-order valence-corrected chi connectivity index (χ2v) is 5.91. The Kier molecular flexibility index (Phi) is 5.59. The van der Waals surface area contributed by atoms with Gasteiger partial charge in [-0.2, -0.15) is 0 Å². The molecule has 0 radical (unpaired) electrons. The highest BCUT2D eigenvalue weighted by molar-refractivity contribution is 6.20. The maximum Gasteiger partial charge on any atom is 0.127 e. The van der Waals surface area contributed by atoms with Crippen molar-refractivity contribution in [2.24, 2.45) is 0 Å². The van der Waals surface area contributed by atoms with Crippen molar-refractivity contribution in [3.63, 3.8) is 0 Å². The Morgan fingerprint density at radius 2 is 2.05 bits per heavy atom. The number of hydrogen-bond acceptors (Lipinski definition) is 2. The molecule has 1 heterocycles. The molecule has 0 saturated carbocycles. The number of aromatic nitrogens is 2. The van der Waals surface area contributed by atoms with Crippen LogP contribution >= 0.6 is 11.6 Å². The molecule has 1 unspecified atom stereocenters. The van der Waals surface area contributed by atoms with E-state index in [-0.39, 0.29) is 11.2 Å². The molecule has 0 aliphatic rings. The lowest BCUT2D eigenvalue weighted by Gasteiger charge is -2.18. The van der Waals surface area contributed by atoms with E-state index in [0.717, 1.165) is 49.5 Å². The first-order chi connectivity index (χ1) is 10.1. The van der Waals surface area contributed by atoms with Gasteiger partial charge in [-0.1, -0.05) is 13.8 Å². The predicted octanol–water partition coefficient (Wildman–Crippen LogP) is 4.21. The number of rotatable bonds is 7. The summed E-state index contributed by atoms with van der Waals surface area (Å²) in [6, 6.07) is 4.70. The van der Waals surface area contributed by atoms with E-state index in [4.69, 9.17) is 11.6 Å². The third kappa shape index (κ3) is 3.74. The summed E-state index contributed by atoms with van der Waals surface area (Å²) < 4.78 is 15.6. The zero-order valence-electron chi connectivity index (χ0n) is 12.9. The van der Waals surface area contributed by atoms with Crippen LogP contribution in [0.5, 0.6) is 0 Å². The minimum Gasteiger partial charge on any atom is -0.327 e. The third-order valence-electron chi connectivity index (χ3n) is 3.85. The van der Waals surface area contributed by atoms with E-state index < -0.39 is 0 Å². The van der Waals surface area contributed by atoms with Crippen LogP contribution in [-0.2, 0) is 6.54 Å². The Balaban J connectivity index is 2.23. The molecule has 1 atom stereocenters. The Bertz CT molecular complexity index is 590. The normalized spacial score (nSPS) is 13.2. The molecule has 0 fully saturated rings. The summed E-state index contributed by atoms with van der Waals surface area (Å²) in [4.78, 5) is 6.92. The largest absolute Gasteiger partial charge is 0.327 e. The molecular formula is C16H23ClFN3. The topological polar surface area (TPSA) is 21.1 Å². The summed E-state index contributed by atoms with van der Waals surface area (Å²) in [6.45, 7) is 10.2. The summed E-state index contributed by atoms with van der Waals surface area (Å²) in [5.41, 5.74) is 1.64. The molecule has 0 aliphatic carbocycles. The Hall–Kier alpha value is -1.13. The number of aryl methyl sites for hydroxylation is 1. The molecule has 0 spiro atoms. The van der Waals surface area contributed by atoms with Crippen molar-refractivity contribution in [1.29, 1.82) is 0 Å². The Labute approximate surface area is 130 Å². The van der Waals surface area contributed by atoms with Gasteiger partial charge >= 0.3 is 0 Å². The molecule has 3 nitrogen and oxygen atoms in total. The van der Waals surface area contributed by atoms with Gasteiger partial charge in [-0.25, -0.2) is 9.37 Å². The van der Waals surface area contributed by atoms with Crippen molar-refractivity contribution in [1.82, 2.24) is 14.5 Å². The number of nitrogens with zero attached hydrogens (tertiary/aromatic N) is 3. The number of halogens is 2. The monoisotopic (exact) mass is 311 g/mol. The molecule has 0 saturated heterocycles. The highest BCUT2D eigenvalue weighted by atomic mass is 35.5. The second-order valence-electron chi connectivity index (χ2n) is 5.25. The van der Waals surface area contributed by atoms with Crippen molar-refractivity contribution in [3.05, 3.63) is 29.8 Å². The number of hydrogen-bond donors (Lipinski definition) is 0. The molecule has 21 heavy (non-hydrogen) atoms. The first kappa shape index (κ1) is 16.2. The van der Waals surface area contributed by atoms with Gasteiger partial charge in [-0.05, 0) is 51.2 Å². The van der Waals surface area contributed by atoms with Crippen LogP contribution in [0.15, 0.2) is 18.2 Å². The summed E-state index contributed by atoms with van der Waals surface area (Å²) in [7, 11) is 0. The lowest BCUT2D eigenvalue weighted by atomic mass is 10.3. The van der Waals surface area contributed by atoms with E-state index in [9.17, 15) is 4.39 Å². The van der Waals surface area contributed by atoms with E-state index in [1.165, 1.54) is 6.07 Å². The molecule has 0 N–H and O–H groups in total. The van der Waals surface area contributed by atoms with Crippen LogP contribution in [0.4, 0.5) is 4.39 Å². The van der Waals surface area contributed by atoms with Crippen molar-refractivity contribution in [3.8, 4) is 0 Å². The van der Waals surface area contributed by atoms with Gasteiger partial charge in [0.2, 0.25) is 0 Å². The van der Waals surface area contributed by atoms with Crippen LogP contribution in [0.3, 0.4) is 0 Å². The fourth-order valence-corrected chi connectivity index (χ4v) is 2.81. The van der Waals surface area contributed by atoms with Crippen LogP contribution < -0.4 is 0 Å². The standard InChI is InChI=1S/C16H23ClFN3/c1-4-20(5-2)9-6-10-21-15-11-13(18)7-8-14(15)19-16(21)12(3)17/h7-8,11-12H,4-6,9-10H2,1-3H3. The lowest BCUT2D eigenvalue weighted by molar-refractivity contribution is 0.293. The van der Waals surface area contributed by atoms with Crippen molar-refractivity contribution >= 4 is 22.6 Å². The van der Waals surface area contributed by atoms with E-state index in [1.807, 2.05) is 6.92 Å². The molecule has 2 aromatic rings. The first-order valence-electron chi connectivity index (χ1n) is 7.58. The molecule has 1 aromatic heterocycles. The third-order valence-corrected chi connectivity index (χ3v) is 4.04. The van der Waals surface area contributed by atoms with Crippen molar-refractivity contribution < 1.29 is 4.39 Å². The summed E-state index contributed by atoms with van der Waals surface area (Å²) in [5, 5.41) is -0.186. The number of imidazole rings is 1. The van der Waals surface area contributed by atoms with Crippen LogP contribution in [0.1, 0.15) is 38.4 Å². The average Bonchev–Trinajstić information content (AvgIpc) is 2.82. The quantitative estimate of drug-likeness (QED) is 0.714. The minimum absolute atomic E-state index is 0.186. The molecule has 5 heteroatoms. The maximum absolute atomic E-state index is 13.5. The van der Waals surface area contributed by atoms with Crippen LogP contribution in [0.25, 0.3) is 11.0 Å². The van der Waals surface area contributed by atoms with Gasteiger partial charge in [-0.15, -0.1) is 11.6 Å². The minimum atomic E-state index is -0.235. The first-order valence-corrected chi connectivity index (χ1v) is 8.02. The van der Waals surface area contributed by atoms with Crippen molar-refractivity contribution in [2.45, 2.75) is 39.1 Å². The van der Waals surface area contributed by atoms with Gasteiger partial charge < -0.3 is 9.47 Å². The van der Waals surface area contributed by atoms with E-state index in [2.05, 4.69) is 28.3 Å². The van der Waals surface area contributed by atoms with Gasteiger partial charge in [0.15, 0.2) is 0 Å². The SMILES string of the molecule is CCN(CC)CCCn1c(C(C)Cl)nc2ccc(F)cc21. The van der Waals surface area contributed by atoms with Crippen molar-refractivity contribution in [2.75, 3.05) is 19.6 Å². The van der Waals surface area contributed by atoms with Gasteiger partial charge in [0.1, 0.15) is 11.6 Å². The molecule has 0 bridgehead atoms. The van der Waals surface area contributed by atoms with E-state index >= 15 is 0 Å². The van der Waals surface area contributed by atoms with Gasteiger partial charge in [0.05, 0.1) is 16.4 Å². The lowest BCUT2D eigenvalue weighted by Crippen LogP contribution is -2.25. The summed E-state index contributed by atoms with van der Waals surface area (Å²) >= 11 is 6.23. The second kappa shape index (κ2) is 7.23.